The van der Waals surface area contributed by atoms with Crippen LogP contribution < -0.4 is 0 Å². The minimum Gasteiger partial charge on any atom is -0.0985 e. The highest BCUT2D eigenvalue weighted by Gasteiger charge is 1.98. The van der Waals surface area contributed by atoms with E-state index in [0.717, 1.165) is 22.3 Å². The summed E-state index contributed by atoms with van der Waals surface area (Å²) in [6, 6.07) is 0. The largest absolute Gasteiger partial charge is 0.0985 e. The van der Waals surface area contributed by atoms with Crippen LogP contribution in [0, 0.1) is 0 Å². The average molecular weight is 186 g/mol. The van der Waals surface area contributed by atoms with Gasteiger partial charge >= 0.3 is 0 Å². The molecule has 0 rings (SSSR count). The minimum absolute atomic E-state index is 0.886. The molecule has 0 N–H and O–H groups in total. The van der Waals surface area contributed by atoms with Crippen LogP contribution in [-0.4, -0.2) is 0 Å². The fourth-order valence-corrected chi connectivity index (χ4v) is 0.979. The SMILES string of the molecule is C=CC(=C)/C=C(/C)C(=C)C(=C)/C=C\C. The molecule has 0 atom stereocenters. The Kier molecular flexibility index (Phi) is 5.31. The first-order valence-electron chi connectivity index (χ1n) is 4.53. The van der Waals surface area contributed by atoms with Crippen LogP contribution in [0.3, 0.4) is 0 Å². The van der Waals surface area contributed by atoms with Gasteiger partial charge in [-0.2, -0.15) is 0 Å². The first-order chi connectivity index (χ1) is 6.52. The Morgan fingerprint density at radius 3 is 2.14 bits per heavy atom. The highest BCUT2D eigenvalue weighted by Crippen LogP contribution is 2.18. The highest BCUT2D eigenvalue weighted by molar-refractivity contribution is 5.50. The van der Waals surface area contributed by atoms with Crippen molar-refractivity contribution in [1.29, 1.82) is 0 Å². The standard InChI is InChI=1S/C14H18/c1-7-9-12(4)14(6)13(5)10-11(3)8-2/h7-10H,2-4,6H2,1,5H3/b9-7-,13-10-. The molecule has 0 aromatic heterocycles. The number of rotatable bonds is 5. The van der Waals surface area contributed by atoms with E-state index in [1.807, 2.05) is 32.1 Å². The second kappa shape index (κ2) is 5.98. The Labute approximate surface area is 87.3 Å². The van der Waals surface area contributed by atoms with E-state index in [9.17, 15) is 0 Å². The van der Waals surface area contributed by atoms with Crippen molar-refractivity contribution in [2.24, 2.45) is 0 Å². The molecule has 14 heavy (non-hydrogen) atoms. The van der Waals surface area contributed by atoms with Crippen LogP contribution in [0.25, 0.3) is 0 Å². The van der Waals surface area contributed by atoms with Crippen molar-refractivity contribution in [2.75, 3.05) is 0 Å². The van der Waals surface area contributed by atoms with Crippen LogP contribution in [-0.2, 0) is 0 Å². The topological polar surface area (TPSA) is 0 Å². The molecule has 0 saturated carbocycles. The van der Waals surface area contributed by atoms with Gasteiger partial charge in [0, 0.05) is 0 Å². The van der Waals surface area contributed by atoms with Crippen LogP contribution in [0.2, 0.25) is 0 Å². The van der Waals surface area contributed by atoms with Crippen molar-refractivity contribution in [2.45, 2.75) is 13.8 Å². The normalized spacial score (nSPS) is 11.4. The number of hydrogen-bond acceptors (Lipinski definition) is 0. The van der Waals surface area contributed by atoms with Gasteiger partial charge in [0.15, 0.2) is 0 Å². The van der Waals surface area contributed by atoms with Crippen LogP contribution in [0.4, 0.5) is 0 Å². The lowest BCUT2D eigenvalue weighted by Crippen LogP contribution is -1.86. The lowest BCUT2D eigenvalue weighted by Gasteiger charge is -2.05. The third-order valence-corrected chi connectivity index (χ3v) is 1.90. The molecule has 0 unspecified atom stereocenters. The van der Waals surface area contributed by atoms with Crippen LogP contribution in [0.1, 0.15) is 13.8 Å². The van der Waals surface area contributed by atoms with Gasteiger partial charge in [-0.25, -0.2) is 0 Å². The monoisotopic (exact) mass is 186 g/mol. The summed E-state index contributed by atoms with van der Waals surface area (Å²) in [6.45, 7) is 19.3. The molecule has 0 aromatic carbocycles. The van der Waals surface area contributed by atoms with E-state index < -0.39 is 0 Å². The summed E-state index contributed by atoms with van der Waals surface area (Å²) >= 11 is 0. The van der Waals surface area contributed by atoms with Crippen molar-refractivity contribution in [3.8, 4) is 0 Å². The van der Waals surface area contributed by atoms with Crippen molar-refractivity contribution >= 4 is 0 Å². The maximum absolute atomic E-state index is 3.97. The Morgan fingerprint density at radius 1 is 1.14 bits per heavy atom. The van der Waals surface area contributed by atoms with Crippen molar-refractivity contribution in [1.82, 2.24) is 0 Å². The van der Waals surface area contributed by atoms with Gasteiger partial charge in [-0.15, -0.1) is 0 Å². The van der Waals surface area contributed by atoms with Crippen LogP contribution in [0.15, 0.2) is 72.9 Å². The highest BCUT2D eigenvalue weighted by atomic mass is 14.0. The number of hydrogen-bond donors (Lipinski definition) is 0. The van der Waals surface area contributed by atoms with E-state index in [0.29, 0.717) is 0 Å². The fraction of sp³-hybridized carbons (Fsp3) is 0.143. The molecule has 0 saturated heterocycles. The molecule has 0 heteroatoms. The molecule has 0 spiro atoms. The maximum Gasteiger partial charge on any atom is -0.0233 e. The molecule has 0 aliphatic carbocycles. The van der Waals surface area contributed by atoms with Crippen molar-refractivity contribution in [3.05, 3.63) is 72.9 Å². The summed E-state index contributed by atoms with van der Waals surface area (Å²) in [5, 5.41) is 0. The lowest BCUT2D eigenvalue weighted by molar-refractivity contribution is 1.38. The van der Waals surface area contributed by atoms with E-state index in [1.54, 1.807) is 6.08 Å². The lowest BCUT2D eigenvalue weighted by atomic mass is 10.00. The third-order valence-electron chi connectivity index (χ3n) is 1.90. The summed E-state index contributed by atoms with van der Waals surface area (Å²) in [4.78, 5) is 0. The molecular weight excluding hydrogens is 168 g/mol. The van der Waals surface area contributed by atoms with Gasteiger partial charge in [0.25, 0.3) is 0 Å². The summed E-state index contributed by atoms with van der Waals surface area (Å²) in [6.07, 6.45) is 7.55. The second-order valence-electron chi connectivity index (χ2n) is 3.11. The molecular formula is C14H18. The van der Waals surface area contributed by atoms with E-state index in [4.69, 9.17) is 0 Å². The van der Waals surface area contributed by atoms with E-state index in [2.05, 4.69) is 26.3 Å². The molecule has 0 radical (unpaired) electrons. The van der Waals surface area contributed by atoms with Gasteiger partial charge < -0.3 is 0 Å². The van der Waals surface area contributed by atoms with Gasteiger partial charge in [-0.3, -0.25) is 0 Å². The van der Waals surface area contributed by atoms with Crippen LogP contribution in [0.5, 0.6) is 0 Å². The Bertz CT molecular complexity index is 322. The first kappa shape index (κ1) is 12.4. The van der Waals surface area contributed by atoms with Gasteiger partial charge in [0.1, 0.15) is 0 Å². The predicted octanol–water partition coefficient (Wildman–Crippen LogP) is 4.36. The smallest absolute Gasteiger partial charge is 0.0233 e. The summed E-state index contributed by atoms with van der Waals surface area (Å²) in [5.41, 5.74) is 3.82. The molecule has 0 heterocycles. The van der Waals surface area contributed by atoms with E-state index in [-0.39, 0.29) is 0 Å². The quantitative estimate of drug-likeness (QED) is 0.559. The zero-order chi connectivity index (χ0) is 11.1. The minimum atomic E-state index is 0.886. The Morgan fingerprint density at radius 2 is 1.71 bits per heavy atom. The molecule has 0 amide bonds. The summed E-state index contributed by atoms with van der Waals surface area (Å²) in [5.74, 6) is 0. The Balaban J connectivity index is 4.70. The Hall–Kier alpha value is -1.56. The molecule has 0 nitrogen and oxygen atoms in total. The molecule has 0 aliphatic heterocycles. The van der Waals surface area contributed by atoms with Crippen LogP contribution >= 0.6 is 0 Å². The summed E-state index contributed by atoms with van der Waals surface area (Å²) in [7, 11) is 0. The summed E-state index contributed by atoms with van der Waals surface area (Å²) < 4.78 is 0. The van der Waals surface area contributed by atoms with E-state index >= 15 is 0 Å². The van der Waals surface area contributed by atoms with Gasteiger partial charge in [0.2, 0.25) is 0 Å². The number of allylic oxidation sites excluding steroid dienone is 8. The second-order valence-corrected chi connectivity index (χ2v) is 3.11. The van der Waals surface area contributed by atoms with Crippen molar-refractivity contribution < 1.29 is 0 Å². The van der Waals surface area contributed by atoms with Gasteiger partial charge in [-0.1, -0.05) is 50.6 Å². The van der Waals surface area contributed by atoms with Gasteiger partial charge in [-0.05, 0) is 36.1 Å². The molecule has 0 fully saturated rings. The molecule has 0 aliphatic rings. The first-order valence-corrected chi connectivity index (χ1v) is 4.53. The van der Waals surface area contributed by atoms with Gasteiger partial charge in [0.05, 0.1) is 0 Å². The third kappa shape index (κ3) is 3.90. The molecule has 0 bridgehead atoms. The molecule has 0 aromatic rings. The zero-order valence-corrected chi connectivity index (χ0v) is 9.14. The maximum atomic E-state index is 3.97. The van der Waals surface area contributed by atoms with E-state index in [1.165, 1.54) is 0 Å². The van der Waals surface area contributed by atoms with Crippen molar-refractivity contribution in [3.63, 3.8) is 0 Å². The molecule has 74 valence electrons. The average Bonchev–Trinajstić information content (AvgIpc) is 2.16. The zero-order valence-electron chi connectivity index (χ0n) is 9.14. The predicted molar refractivity (Wildman–Crippen MR) is 66.2 cm³/mol. The fourth-order valence-electron chi connectivity index (χ4n) is 0.979.